The van der Waals surface area contributed by atoms with E-state index in [1.807, 2.05) is 36.4 Å². The van der Waals surface area contributed by atoms with Crippen LogP contribution >= 0.6 is 12.2 Å². The van der Waals surface area contributed by atoms with E-state index < -0.39 is 0 Å². The highest BCUT2D eigenvalue weighted by molar-refractivity contribution is 7.80. The van der Waals surface area contributed by atoms with Gasteiger partial charge in [0.05, 0.1) is 0 Å². The average Bonchev–Trinajstić information content (AvgIpc) is 2.62. The number of amides is 1. The van der Waals surface area contributed by atoms with Crippen LogP contribution < -0.4 is 10.6 Å². The summed E-state index contributed by atoms with van der Waals surface area (Å²) in [6.07, 6.45) is 0. The molecule has 0 aliphatic heterocycles. The summed E-state index contributed by atoms with van der Waals surface area (Å²) in [6, 6.07) is 18.3. The molecule has 0 aromatic heterocycles. The number of hydrogen-bond acceptors (Lipinski definition) is 3. The minimum absolute atomic E-state index is 0.0335. The van der Waals surface area contributed by atoms with Crippen LogP contribution in [0.15, 0.2) is 60.7 Å². The maximum Gasteiger partial charge on any atom is 0.257 e. The number of nitrogens with one attached hydrogen (secondary N) is 2. The summed E-state index contributed by atoms with van der Waals surface area (Å²) in [7, 11) is 0. The lowest BCUT2D eigenvalue weighted by Gasteiger charge is -2.19. The lowest BCUT2D eigenvalue weighted by Crippen LogP contribution is -2.34. The highest BCUT2D eigenvalue weighted by Crippen LogP contribution is 2.29. The molecule has 0 unspecified atom stereocenters. The smallest absolute Gasteiger partial charge is 0.257 e. The van der Waals surface area contributed by atoms with Crippen LogP contribution in [0.2, 0.25) is 0 Å². The van der Waals surface area contributed by atoms with E-state index in [1.165, 1.54) is 0 Å². The highest BCUT2D eigenvalue weighted by atomic mass is 32.1. The molecule has 0 atom stereocenters. The lowest BCUT2D eigenvalue weighted by atomic mass is 9.87. The fourth-order valence-electron chi connectivity index (χ4n) is 2.85. The maximum absolute atomic E-state index is 12.4. The third-order valence-electron chi connectivity index (χ3n) is 4.39. The molecule has 0 fully saturated rings. The van der Waals surface area contributed by atoms with Crippen LogP contribution in [0.5, 0.6) is 5.75 Å². The first-order chi connectivity index (χ1) is 12.8. The topological polar surface area (TPSA) is 61.4 Å². The Morgan fingerprint density at radius 2 is 1.56 bits per heavy atom. The van der Waals surface area contributed by atoms with Gasteiger partial charge in [-0.2, -0.15) is 0 Å². The zero-order valence-corrected chi connectivity index (χ0v) is 16.4. The van der Waals surface area contributed by atoms with E-state index in [-0.39, 0.29) is 22.2 Å². The number of phenols is 1. The zero-order chi connectivity index (χ0) is 19.6. The summed E-state index contributed by atoms with van der Waals surface area (Å²) < 4.78 is 0. The van der Waals surface area contributed by atoms with Crippen molar-refractivity contribution >= 4 is 39.7 Å². The van der Waals surface area contributed by atoms with Crippen molar-refractivity contribution in [2.45, 2.75) is 26.2 Å². The van der Waals surface area contributed by atoms with Gasteiger partial charge >= 0.3 is 0 Å². The molecule has 3 aromatic carbocycles. The third-order valence-corrected chi connectivity index (χ3v) is 4.59. The van der Waals surface area contributed by atoms with Crippen molar-refractivity contribution in [2.75, 3.05) is 5.32 Å². The Hall–Kier alpha value is -2.92. The predicted octanol–water partition coefficient (Wildman–Crippen LogP) is 4.97. The first kappa shape index (κ1) is 18.9. The Morgan fingerprint density at radius 1 is 0.926 bits per heavy atom. The van der Waals surface area contributed by atoms with Gasteiger partial charge in [0.25, 0.3) is 5.91 Å². The van der Waals surface area contributed by atoms with E-state index in [0.29, 0.717) is 5.56 Å². The van der Waals surface area contributed by atoms with Crippen molar-refractivity contribution in [3.63, 3.8) is 0 Å². The van der Waals surface area contributed by atoms with Crippen molar-refractivity contribution < 1.29 is 9.90 Å². The van der Waals surface area contributed by atoms with E-state index in [4.69, 9.17) is 12.2 Å². The molecule has 3 N–H and O–H groups in total. The molecule has 138 valence electrons. The van der Waals surface area contributed by atoms with Gasteiger partial charge < -0.3 is 10.4 Å². The molecule has 27 heavy (non-hydrogen) atoms. The monoisotopic (exact) mass is 378 g/mol. The SMILES string of the molecule is CC(C)(C)c1ccc(C(=O)NC(=S)Nc2cccc3c(O)cccc23)cc1. The van der Waals surface area contributed by atoms with Gasteiger partial charge in [-0.05, 0) is 47.5 Å². The number of carbonyl (C=O) groups excluding carboxylic acids is 1. The van der Waals surface area contributed by atoms with Crippen molar-refractivity contribution in [3.8, 4) is 5.75 Å². The molecule has 0 saturated heterocycles. The van der Waals surface area contributed by atoms with Gasteiger partial charge in [-0.3, -0.25) is 10.1 Å². The quantitative estimate of drug-likeness (QED) is 0.551. The molecule has 0 aliphatic rings. The average molecular weight is 378 g/mol. The van der Waals surface area contributed by atoms with Gasteiger partial charge in [-0.15, -0.1) is 0 Å². The summed E-state index contributed by atoms with van der Waals surface area (Å²) in [5.41, 5.74) is 2.46. The summed E-state index contributed by atoms with van der Waals surface area (Å²) in [4.78, 5) is 12.4. The number of aromatic hydroxyl groups is 1. The fraction of sp³-hybridized carbons (Fsp3) is 0.182. The van der Waals surface area contributed by atoms with Gasteiger partial charge in [-0.1, -0.05) is 57.2 Å². The standard InChI is InChI=1S/C22H22N2O2S/c1-22(2,3)15-12-10-14(11-13-15)20(26)24-21(27)23-18-8-4-7-17-16(18)6-5-9-19(17)25/h4-13,25H,1-3H3,(H2,23,24,26,27). The minimum Gasteiger partial charge on any atom is -0.507 e. The van der Waals surface area contributed by atoms with Crippen molar-refractivity contribution in [1.82, 2.24) is 5.32 Å². The second-order valence-electron chi connectivity index (χ2n) is 7.41. The second-order valence-corrected chi connectivity index (χ2v) is 7.82. The zero-order valence-electron chi connectivity index (χ0n) is 15.5. The number of carbonyl (C=O) groups is 1. The first-order valence-corrected chi connectivity index (χ1v) is 9.10. The maximum atomic E-state index is 12.4. The minimum atomic E-state index is -0.268. The number of hydrogen-bond donors (Lipinski definition) is 3. The van der Waals surface area contributed by atoms with Crippen LogP contribution in [-0.2, 0) is 5.41 Å². The Bertz CT molecular complexity index is 1000. The molecule has 3 aromatic rings. The van der Waals surface area contributed by atoms with Crippen molar-refractivity contribution in [2.24, 2.45) is 0 Å². The molecule has 5 heteroatoms. The molecule has 1 amide bonds. The van der Waals surface area contributed by atoms with E-state index in [9.17, 15) is 9.90 Å². The lowest BCUT2D eigenvalue weighted by molar-refractivity contribution is 0.0977. The molecular weight excluding hydrogens is 356 g/mol. The molecular formula is C22H22N2O2S. The molecule has 0 heterocycles. The molecule has 0 radical (unpaired) electrons. The van der Waals surface area contributed by atoms with E-state index in [0.717, 1.165) is 22.0 Å². The number of phenolic OH excluding ortho intramolecular Hbond substituents is 1. The summed E-state index contributed by atoms with van der Waals surface area (Å²) in [5.74, 6) is -0.0684. The Kier molecular flexibility index (Phi) is 5.15. The molecule has 0 bridgehead atoms. The number of benzene rings is 3. The Balaban J connectivity index is 1.73. The molecule has 3 rings (SSSR count). The number of thiocarbonyl (C=S) groups is 1. The molecule has 4 nitrogen and oxygen atoms in total. The second kappa shape index (κ2) is 7.37. The van der Waals surface area contributed by atoms with E-state index in [1.54, 1.807) is 24.3 Å². The number of anilines is 1. The van der Waals surface area contributed by atoms with E-state index >= 15 is 0 Å². The number of rotatable bonds is 2. The fourth-order valence-corrected chi connectivity index (χ4v) is 3.06. The Labute approximate surface area is 164 Å². The summed E-state index contributed by atoms with van der Waals surface area (Å²) >= 11 is 5.29. The van der Waals surface area contributed by atoms with Gasteiger partial charge in [-0.25, -0.2) is 0 Å². The van der Waals surface area contributed by atoms with Crippen LogP contribution in [0, 0.1) is 0 Å². The van der Waals surface area contributed by atoms with Crippen LogP contribution in [-0.4, -0.2) is 16.1 Å². The molecule has 0 saturated carbocycles. The first-order valence-electron chi connectivity index (χ1n) is 8.69. The van der Waals surface area contributed by atoms with Crippen molar-refractivity contribution in [3.05, 3.63) is 71.8 Å². The summed E-state index contributed by atoms with van der Waals surface area (Å²) in [5, 5.41) is 17.5. The van der Waals surface area contributed by atoms with Gasteiger partial charge in [0.1, 0.15) is 5.75 Å². The van der Waals surface area contributed by atoms with Gasteiger partial charge in [0.15, 0.2) is 5.11 Å². The number of fused-ring (bicyclic) bond motifs is 1. The molecule has 0 spiro atoms. The van der Waals surface area contributed by atoms with Gasteiger partial charge in [0.2, 0.25) is 0 Å². The van der Waals surface area contributed by atoms with Crippen LogP contribution in [0.4, 0.5) is 5.69 Å². The Morgan fingerprint density at radius 3 is 2.22 bits per heavy atom. The van der Waals surface area contributed by atoms with Crippen LogP contribution in [0.3, 0.4) is 0 Å². The van der Waals surface area contributed by atoms with Crippen LogP contribution in [0.1, 0.15) is 36.7 Å². The summed E-state index contributed by atoms with van der Waals surface area (Å²) in [6.45, 7) is 6.38. The largest absolute Gasteiger partial charge is 0.507 e. The van der Waals surface area contributed by atoms with Crippen LogP contribution in [0.25, 0.3) is 10.8 Å². The van der Waals surface area contributed by atoms with Gasteiger partial charge in [0, 0.05) is 22.0 Å². The highest BCUT2D eigenvalue weighted by Gasteiger charge is 2.15. The van der Waals surface area contributed by atoms with Crippen molar-refractivity contribution in [1.29, 1.82) is 0 Å². The van der Waals surface area contributed by atoms with E-state index in [2.05, 4.69) is 31.4 Å². The predicted molar refractivity (Wildman–Crippen MR) is 114 cm³/mol. The third kappa shape index (κ3) is 4.26. The molecule has 0 aliphatic carbocycles. The normalized spacial score (nSPS) is 11.2.